The molecule has 2 unspecified atom stereocenters. The molecule has 2 N–H and O–H groups in total. The van der Waals surface area contributed by atoms with Gasteiger partial charge in [-0.2, -0.15) is 0 Å². The molecule has 29 heavy (non-hydrogen) atoms. The van der Waals surface area contributed by atoms with Crippen molar-refractivity contribution >= 4 is 28.6 Å². The first kappa shape index (κ1) is 28.4. The molecule has 2 aliphatic heterocycles. The van der Waals surface area contributed by atoms with Crippen molar-refractivity contribution in [1.29, 1.82) is 0 Å². The summed E-state index contributed by atoms with van der Waals surface area (Å²) >= 11 is 6.24. The lowest BCUT2D eigenvalue weighted by Crippen LogP contribution is -2.50. The fraction of sp³-hybridized carbons (Fsp3) is 0.810. The topological polar surface area (TPSA) is 39.0 Å². The van der Waals surface area contributed by atoms with Crippen LogP contribution in [0.1, 0.15) is 74.7 Å². The number of hydrogen-bond acceptors (Lipinski definition) is 5. The van der Waals surface area contributed by atoms with Gasteiger partial charge in [0, 0.05) is 35.9 Å². The maximum atomic E-state index is 6.24. The Morgan fingerprint density at radius 1 is 0.793 bits per heavy atom. The molecular weight excluding hydrogens is 414 g/mol. The zero-order chi connectivity index (χ0) is 22.8. The minimum absolute atomic E-state index is 0.167. The van der Waals surface area contributed by atoms with Gasteiger partial charge in [0.25, 0.3) is 0 Å². The fourth-order valence-electron chi connectivity index (χ4n) is 3.03. The van der Waals surface area contributed by atoms with Crippen molar-refractivity contribution in [3.63, 3.8) is 0 Å². The van der Waals surface area contributed by atoms with Crippen LogP contribution < -0.4 is 5.73 Å². The van der Waals surface area contributed by atoms with Gasteiger partial charge < -0.3 is 24.0 Å². The van der Waals surface area contributed by atoms with Crippen LogP contribution in [0.5, 0.6) is 0 Å². The Labute approximate surface area is 189 Å². The highest BCUT2D eigenvalue weighted by molar-refractivity contribution is 7.04. The fourth-order valence-corrected chi connectivity index (χ4v) is 9.07. The van der Waals surface area contributed by atoms with E-state index in [2.05, 4.69) is 105 Å². The first-order valence-corrected chi connectivity index (χ1v) is 15.7. The van der Waals surface area contributed by atoms with Gasteiger partial charge >= 0.3 is 8.43 Å². The van der Waals surface area contributed by atoms with Crippen LogP contribution in [-0.2, 0) is 0 Å². The van der Waals surface area contributed by atoms with Crippen LogP contribution in [0.2, 0.25) is 6.04 Å². The Hall–Kier alpha value is -0.636. The Morgan fingerprint density at radius 3 is 1.55 bits per heavy atom. The van der Waals surface area contributed by atoms with Gasteiger partial charge in [0.05, 0.1) is 0 Å². The average molecular weight is 462 g/mol. The van der Waals surface area contributed by atoms with Crippen molar-refractivity contribution in [2.45, 2.75) is 91.8 Å². The second-order valence-electron chi connectivity index (χ2n) is 9.81. The van der Waals surface area contributed by atoms with Gasteiger partial charge in [0.15, 0.2) is 0 Å². The zero-order valence-electron chi connectivity index (χ0n) is 20.7. The first-order chi connectivity index (χ1) is 13.3. The van der Waals surface area contributed by atoms with Crippen LogP contribution in [0, 0.1) is 0 Å². The molecule has 0 saturated carbocycles. The standard InChI is InChI=1S/C11H24N2Si.C7H15ClN2Si.C3H9N/c1-6-7-10-14-12(5)8-9-13(14)11(2,3)4;1-7(2,3)10-6-5-9(4)11(10)8;1-2-3-4/h8-9,14H,6-7,10H2,1-5H3;5-6,11H,1-4H3;2-4H2,1H3. The molecule has 0 aliphatic carbocycles. The molecule has 0 spiro atoms. The maximum absolute atomic E-state index is 6.24. The van der Waals surface area contributed by atoms with E-state index in [4.69, 9.17) is 16.8 Å². The summed E-state index contributed by atoms with van der Waals surface area (Å²) in [5.74, 6) is 0. The Kier molecular flexibility index (Phi) is 12.6. The van der Waals surface area contributed by atoms with Crippen molar-refractivity contribution in [2.75, 3.05) is 20.6 Å². The molecule has 0 fully saturated rings. The summed E-state index contributed by atoms with van der Waals surface area (Å²) in [5.41, 5.74) is 5.49. The summed E-state index contributed by atoms with van der Waals surface area (Å²) in [6.45, 7) is 18.6. The molecule has 172 valence electrons. The molecule has 0 aromatic heterocycles. The van der Waals surface area contributed by atoms with E-state index in [1.165, 1.54) is 18.9 Å². The first-order valence-electron chi connectivity index (χ1n) is 11.0. The summed E-state index contributed by atoms with van der Waals surface area (Å²) < 4.78 is 9.44. The monoisotopic (exact) mass is 461 g/mol. The lowest BCUT2D eigenvalue weighted by molar-refractivity contribution is 0.317. The number of nitrogens with two attached hydrogens (primary N) is 1. The molecule has 2 heterocycles. The van der Waals surface area contributed by atoms with E-state index >= 15 is 0 Å². The molecule has 2 atom stereocenters. The average Bonchev–Trinajstić information content (AvgIpc) is 3.16. The largest absolute Gasteiger partial charge is 0.391 e. The minimum atomic E-state index is -1.36. The lowest BCUT2D eigenvalue weighted by atomic mass is 10.1. The molecule has 5 nitrogen and oxygen atoms in total. The van der Waals surface area contributed by atoms with Crippen LogP contribution >= 0.6 is 11.1 Å². The SMILES string of the molecule is CCCC[SiH]1N(C)C=CN1C(C)(C)C.CCCN.CN1C=CN(C(C)(C)C)[SiH]1Cl. The second-order valence-corrected chi connectivity index (χ2v) is 15.9. The summed E-state index contributed by atoms with van der Waals surface area (Å²) in [4.78, 5) is 0. The van der Waals surface area contributed by atoms with E-state index in [-0.39, 0.29) is 5.54 Å². The predicted octanol–water partition coefficient (Wildman–Crippen LogP) is 4.34. The number of unbranched alkanes of at least 4 members (excludes halogenated alkanes) is 1. The van der Waals surface area contributed by atoms with Gasteiger partial charge in [-0.05, 0) is 74.6 Å². The molecule has 8 heteroatoms. The van der Waals surface area contributed by atoms with Gasteiger partial charge in [-0.3, -0.25) is 0 Å². The quantitative estimate of drug-likeness (QED) is 0.498. The normalized spacial score (nSPS) is 21.2. The van der Waals surface area contributed by atoms with Crippen molar-refractivity contribution in [1.82, 2.24) is 18.3 Å². The predicted molar refractivity (Wildman–Crippen MR) is 136 cm³/mol. The van der Waals surface area contributed by atoms with E-state index < -0.39 is 17.5 Å². The molecule has 0 saturated heterocycles. The van der Waals surface area contributed by atoms with Gasteiger partial charge in [0.2, 0.25) is 9.12 Å². The summed E-state index contributed by atoms with van der Waals surface area (Å²) in [5, 5.41) is 0. The third-order valence-electron chi connectivity index (χ3n) is 4.94. The van der Waals surface area contributed by atoms with E-state index in [1.54, 1.807) is 0 Å². The summed E-state index contributed by atoms with van der Waals surface area (Å²) in [7, 11) is 2.03. The van der Waals surface area contributed by atoms with Gasteiger partial charge in [0.1, 0.15) is 0 Å². The molecular formula is C21H48ClN5Si2. The van der Waals surface area contributed by atoms with Crippen LogP contribution in [0.25, 0.3) is 0 Å². The summed E-state index contributed by atoms with van der Waals surface area (Å²) in [6, 6.07) is 1.40. The van der Waals surface area contributed by atoms with Crippen LogP contribution in [-0.4, -0.2) is 67.5 Å². The zero-order valence-corrected chi connectivity index (χ0v) is 23.8. The number of halogens is 1. The highest BCUT2D eigenvalue weighted by Crippen LogP contribution is 2.25. The highest BCUT2D eigenvalue weighted by atomic mass is 35.6. The highest BCUT2D eigenvalue weighted by Gasteiger charge is 2.33. The van der Waals surface area contributed by atoms with E-state index in [9.17, 15) is 0 Å². The summed E-state index contributed by atoms with van der Waals surface area (Å²) in [6.07, 6.45) is 12.5. The lowest BCUT2D eigenvalue weighted by Gasteiger charge is -2.39. The Morgan fingerprint density at radius 2 is 1.24 bits per heavy atom. The maximum Gasteiger partial charge on any atom is 0.348 e. The number of rotatable bonds is 4. The molecule has 0 amide bonds. The molecule has 0 bridgehead atoms. The van der Waals surface area contributed by atoms with Crippen molar-refractivity contribution in [2.24, 2.45) is 5.73 Å². The molecule has 0 aromatic rings. The van der Waals surface area contributed by atoms with E-state index in [1.807, 2.05) is 7.05 Å². The third-order valence-corrected chi connectivity index (χ3v) is 12.4. The van der Waals surface area contributed by atoms with E-state index in [0.717, 1.165) is 13.0 Å². The molecule has 2 rings (SSSR count). The van der Waals surface area contributed by atoms with Crippen LogP contribution in [0.4, 0.5) is 0 Å². The third kappa shape index (κ3) is 9.81. The minimum Gasteiger partial charge on any atom is -0.391 e. The van der Waals surface area contributed by atoms with Crippen molar-refractivity contribution in [3.8, 4) is 0 Å². The van der Waals surface area contributed by atoms with Gasteiger partial charge in [-0.1, -0.05) is 26.7 Å². The second kappa shape index (κ2) is 12.9. The van der Waals surface area contributed by atoms with Crippen molar-refractivity contribution < 1.29 is 0 Å². The Bertz CT molecular complexity index is 500. The van der Waals surface area contributed by atoms with E-state index in [0.29, 0.717) is 5.54 Å². The smallest absolute Gasteiger partial charge is 0.348 e. The van der Waals surface area contributed by atoms with Crippen LogP contribution in [0.3, 0.4) is 0 Å². The van der Waals surface area contributed by atoms with Gasteiger partial charge in [-0.25, -0.2) is 0 Å². The van der Waals surface area contributed by atoms with Gasteiger partial charge in [-0.15, -0.1) is 11.1 Å². The number of nitrogens with zero attached hydrogens (tertiary/aromatic N) is 4. The molecule has 0 aromatic carbocycles. The van der Waals surface area contributed by atoms with Crippen LogP contribution in [0.15, 0.2) is 24.8 Å². The number of hydrogen-bond donors (Lipinski definition) is 1. The molecule has 0 radical (unpaired) electrons. The van der Waals surface area contributed by atoms with Crippen molar-refractivity contribution in [3.05, 3.63) is 24.8 Å². The Balaban J connectivity index is 0.000000466. The molecule has 2 aliphatic rings.